The maximum absolute atomic E-state index is 13.5. The highest BCUT2D eigenvalue weighted by Gasteiger charge is 2.33. The van der Waals surface area contributed by atoms with Crippen molar-refractivity contribution >= 4 is 17.6 Å². The second kappa shape index (κ2) is 12.9. The van der Waals surface area contributed by atoms with Crippen molar-refractivity contribution in [1.82, 2.24) is 10.2 Å². The average molecular weight is 526 g/mol. The number of nitrogens with zero attached hydrogens (tertiary/aromatic N) is 2. The van der Waals surface area contributed by atoms with E-state index in [0.29, 0.717) is 32.8 Å². The molecule has 0 spiro atoms. The van der Waals surface area contributed by atoms with Crippen LogP contribution in [0.5, 0.6) is 0 Å². The third-order valence-electron chi connectivity index (χ3n) is 8.09. The maximum Gasteiger partial charge on any atom is 0.324 e. The van der Waals surface area contributed by atoms with Gasteiger partial charge in [-0.15, -0.1) is 0 Å². The van der Waals surface area contributed by atoms with E-state index in [1.54, 1.807) is 0 Å². The Kier molecular flexibility index (Phi) is 8.94. The molecule has 1 N–H and O–H groups in total. The fraction of sp³-hybridized carbons (Fsp3) is 0.394. The van der Waals surface area contributed by atoms with Crippen LogP contribution in [0.2, 0.25) is 0 Å². The number of anilines is 1. The number of rotatable bonds is 7. The van der Waals surface area contributed by atoms with Crippen molar-refractivity contribution in [2.75, 3.05) is 31.2 Å². The lowest BCUT2D eigenvalue weighted by atomic mass is 9.74. The molecule has 1 heterocycles. The molecular formula is C33H39N3O3. The van der Waals surface area contributed by atoms with Gasteiger partial charge in [0, 0.05) is 24.7 Å². The summed E-state index contributed by atoms with van der Waals surface area (Å²) in [4.78, 5) is 30.6. The minimum Gasteiger partial charge on any atom is -0.378 e. The van der Waals surface area contributed by atoms with Crippen LogP contribution >= 0.6 is 0 Å². The van der Waals surface area contributed by atoms with E-state index in [9.17, 15) is 9.59 Å². The smallest absolute Gasteiger partial charge is 0.324 e. The number of ether oxygens (including phenoxy) is 1. The Hall–Kier alpha value is -3.64. The fourth-order valence-electron chi connectivity index (χ4n) is 5.84. The summed E-state index contributed by atoms with van der Waals surface area (Å²) in [5.74, 6) is 0.321. The molecule has 3 atom stereocenters. The molecule has 1 saturated carbocycles. The Bertz CT molecular complexity index is 1210. The van der Waals surface area contributed by atoms with Gasteiger partial charge in [-0.1, -0.05) is 85.6 Å². The highest BCUT2D eigenvalue weighted by Crippen LogP contribution is 2.38. The topological polar surface area (TPSA) is 61.9 Å². The third kappa shape index (κ3) is 6.69. The van der Waals surface area contributed by atoms with Gasteiger partial charge in [-0.2, -0.15) is 0 Å². The minimum atomic E-state index is -0.0283. The number of carbonyl (C=O) groups excluding carboxylic acids is 2. The summed E-state index contributed by atoms with van der Waals surface area (Å²) in [5.41, 5.74) is 4.28. The van der Waals surface area contributed by atoms with E-state index < -0.39 is 0 Å². The van der Waals surface area contributed by atoms with Gasteiger partial charge in [-0.05, 0) is 54.5 Å². The molecule has 0 bridgehead atoms. The Morgan fingerprint density at radius 3 is 2.23 bits per heavy atom. The molecule has 0 radical (unpaired) electrons. The van der Waals surface area contributed by atoms with Crippen molar-refractivity contribution in [1.29, 1.82) is 0 Å². The van der Waals surface area contributed by atoms with Crippen molar-refractivity contribution in [3.8, 4) is 0 Å². The fourth-order valence-corrected chi connectivity index (χ4v) is 5.84. The normalized spacial score (nSPS) is 20.2. The Morgan fingerprint density at radius 2 is 1.54 bits per heavy atom. The molecule has 3 aromatic rings. The predicted molar refractivity (Wildman–Crippen MR) is 155 cm³/mol. The molecule has 5 rings (SSSR count). The summed E-state index contributed by atoms with van der Waals surface area (Å²) in [5, 5.41) is 3.27. The number of nitrogens with one attached hydrogen (secondary N) is 1. The summed E-state index contributed by atoms with van der Waals surface area (Å²) in [6.07, 6.45) is 4.15. The van der Waals surface area contributed by atoms with Gasteiger partial charge in [0.05, 0.1) is 25.8 Å². The number of benzene rings is 3. The summed E-state index contributed by atoms with van der Waals surface area (Å²) in [6.45, 7) is 4.90. The van der Waals surface area contributed by atoms with E-state index in [0.717, 1.165) is 42.5 Å². The van der Waals surface area contributed by atoms with Crippen molar-refractivity contribution in [2.45, 2.75) is 51.1 Å². The standard InChI is InChI=1S/C33H39N3O3/c1-25(27-10-4-2-5-11-27)34-32(37)31-15-9-8-14-30(31)28-18-16-26(17-19-28)24-36(29-12-6-3-7-13-29)33(38)35-20-22-39-23-21-35/h2-7,10-13,16-19,25,30-31H,8-9,14-15,20-24H2,1H3,(H,34,37)/t25-,30+,31?/m0/s1. The number of hydrogen-bond acceptors (Lipinski definition) is 3. The van der Waals surface area contributed by atoms with E-state index >= 15 is 0 Å². The molecule has 1 saturated heterocycles. The number of amides is 3. The number of hydrogen-bond donors (Lipinski definition) is 1. The zero-order chi connectivity index (χ0) is 27.0. The summed E-state index contributed by atoms with van der Waals surface area (Å²) < 4.78 is 5.45. The SMILES string of the molecule is C[C@H](NC(=O)C1CCCC[C@@H]1c1ccc(CN(C(=O)N2CCOCC2)c2ccccc2)cc1)c1ccccc1. The molecule has 2 aliphatic rings. The van der Waals surface area contributed by atoms with Gasteiger partial charge in [0.1, 0.15) is 0 Å². The first-order valence-electron chi connectivity index (χ1n) is 14.2. The first-order chi connectivity index (χ1) is 19.1. The third-order valence-corrected chi connectivity index (χ3v) is 8.09. The Morgan fingerprint density at radius 1 is 0.897 bits per heavy atom. The van der Waals surface area contributed by atoms with Crippen LogP contribution in [0.25, 0.3) is 0 Å². The molecule has 3 aromatic carbocycles. The average Bonchev–Trinajstić information content (AvgIpc) is 3.01. The molecule has 1 unspecified atom stereocenters. The largest absolute Gasteiger partial charge is 0.378 e. The van der Waals surface area contributed by atoms with Crippen LogP contribution in [0.1, 0.15) is 61.3 Å². The van der Waals surface area contributed by atoms with Gasteiger partial charge >= 0.3 is 6.03 Å². The highest BCUT2D eigenvalue weighted by atomic mass is 16.5. The van der Waals surface area contributed by atoms with Crippen molar-refractivity contribution < 1.29 is 14.3 Å². The van der Waals surface area contributed by atoms with Crippen LogP contribution in [-0.4, -0.2) is 43.1 Å². The van der Waals surface area contributed by atoms with E-state index in [2.05, 4.69) is 48.6 Å². The monoisotopic (exact) mass is 525 g/mol. The van der Waals surface area contributed by atoms with Crippen molar-refractivity contribution in [3.05, 3.63) is 102 Å². The second-order valence-electron chi connectivity index (χ2n) is 10.7. The molecule has 0 aromatic heterocycles. The first-order valence-corrected chi connectivity index (χ1v) is 14.2. The van der Waals surface area contributed by atoms with Crippen LogP contribution in [0.15, 0.2) is 84.9 Å². The maximum atomic E-state index is 13.5. The zero-order valence-corrected chi connectivity index (χ0v) is 22.8. The zero-order valence-electron chi connectivity index (χ0n) is 22.8. The Balaban J connectivity index is 1.29. The number of urea groups is 1. The van der Waals surface area contributed by atoms with E-state index in [1.165, 1.54) is 5.56 Å². The number of carbonyl (C=O) groups is 2. The quantitative estimate of drug-likeness (QED) is 0.394. The van der Waals surface area contributed by atoms with Crippen molar-refractivity contribution in [3.63, 3.8) is 0 Å². The molecule has 3 amide bonds. The van der Waals surface area contributed by atoms with Crippen LogP contribution < -0.4 is 10.2 Å². The van der Waals surface area contributed by atoms with E-state index in [-0.39, 0.29) is 29.8 Å². The molecule has 2 fully saturated rings. The van der Waals surface area contributed by atoms with E-state index in [1.807, 2.05) is 58.3 Å². The number of morpholine rings is 1. The second-order valence-corrected chi connectivity index (χ2v) is 10.7. The highest BCUT2D eigenvalue weighted by molar-refractivity contribution is 5.92. The molecular weight excluding hydrogens is 486 g/mol. The van der Waals surface area contributed by atoms with Crippen LogP contribution in [0.3, 0.4) is 0 Å². The van der Waals surface area contributed by atoms with Gasteiger partial charge < -0.3 is 15.0 Å². The van der Waals surface area contributed by atoms with Crippen LogP contribution in [-0.2, 0) is 16.1 Å². The lowest BCUT2D eigenvalue weighted by Gasteiger charge is -2.33. The van der Waals surface area contributed by atoms with E-state index in [4.69, 9.17) is 4.74 Å². The van der Waals surface area contributed by atoms with Gasteiger partial charge in [-0.3, -0.25) is 9.69 Å². The predicted octanol–water partition coefficient (Wildman–Crippen LogP) is 6.30. The van der Waals surface area contributed by atoms with Gasteiger partial charge in [0.2, 0.25) is 5.91 Å². The van der Waals surface area contributed by atoms with Crippen LogP contribution in [0.4, 0.5) is 10.5 Å². The van der Waals surface area contributed by atoms with Crippen LogP contribution in [0, 0.1) is 5.92 Å². The summed E-state index contributed by atoms with van der Waals surface area (Å²) >= 11 is 0. The first kappa shape index (κ1) is 26.9. The molecule has 6 heteroatoms. The molecule has 39 heavy (non-hydrogen) atoms. The lowest BCUT2D eigenvalue weighted by molar-refractivity contribution is -0.127. The molecule has 204 valence electrons. The van der Waals surface area contributed by atoms with Gasteiger partial charge in [0.25, 0.3) is 0 Å². The van der Waals surface area contributed by atoms with Gasteiger partial charge in [-0.25, -0.2) is 4.79 Å². The molecule has 1 aliphatic heterocycles. The summed E-state index contributed by atoms with van der Waals surface area (Å²) in [6, 6.07) is 28.5. The summed E-state index contributed by atoms with van der Waals surface area (Å²) in [7, 11) is 0. The van der Waals surface area contributed by atoms with Gasteiger partial charge in [0.15, 0.2) is 0 Å². The van der Waals surface area contributed by atoms with Crippen molar-refractivity contribution in [2.24, 2.45) is 5.92 Å². The number of para-hydroxylation sites is 1. The lowest BCUT2D eigenvalue weighted by Crippen LogP contribution is -2.48. The minimum absolute atomic E-state index is 0.00475. The Labute approximate surface area is 232 Å². The molecule has 6 nitrogen and oxygen atoms in total. The molecule has 1 aliphatic carbocycles.